The van der Waals surface area contributed by atoms with E-state index in [9.17, 15) is 14.7 Å². The fraction of sp³-hybridized carbons (Fsp3) is 0.527. The monoisotopic (exact) mass is 871 g/mol. The minimum atomic E-state index is -0.640. The SMILES string of the molecule is C=CC1=C(C)c2cc3[nH]c(c4c5[nH]c(cc6nc(cc1n2)C(C)=C6CC)c(C)c5C(O)=C4C(=O)OC)[C@@H](CCC(=O)OC/C=C(\C)CCC[C@H](C)CCC[C@H](C)CCCC(C)C)[C@@H]3C. The largest absolute Gasteiger partial charge is 0.506 e. The van der Waals surface area contributed by atoms with Gasteiger partial charge in [0.05, 0.1) is 35.4 Å². The highest BCUT2D eigenvalue weighted by molar-refractivity contribution is 6.30. The smallest absolute Gasteiger partial charge is 0.342 e. The van der Waals surface area contributed by atoms with Crippen molar-refractivity contribution < 1.29 is 24.2 Å². The number of H-pyrrole nitrogens is 2. The molecule has 2 aromatic rings. The molecule has 4 aliphatic rings. The predicted molar refractivity (Wildman–Crippen MR) is 264 cm³/mol. The molecule has 0 saturated carbocycles. The fourth-order valence-electron chi connectivity index (χ4n) is 10.1. The highest BCUT2D eigenvalue weighted by atomic mass is 16.5. The van der Waals surface area contributed by atoms with E-state index < -0.39 is 5.97 Å². The first kappa shape index (κ1) is 48.3. The van der Waals surface area contributed by atoms with Gasteiger partial charge in [-0.1, -0.05) is 105 Å². The van der Waals surface area contributed by atoms with Gasteiger partial charge in [-0.25, -0.2) is 14.8 Å². The van der Waals surface area contributed by atoms with Crippen LogP contribution in [0.2, 0.25) is 0 Å². The number of esters is 2. The standard InChI is InChI=1S/C55H74N4O5/c1-13-39-35(8)42-28-44-37(10)41(24-25-48(60)64-27-26-34(7)23-17-22-33(6)21-16-20-32(5)19-15-18-31(3)4)52(58-44)50-51(55(62)63-12)54(61)49-38(11)45(59-53(49)50)30-47-40(14-2)36(9)43(57-47)29-46(39)56-42/h13,26,28-33,37,41,58-59,61H,1,14-25,27H2,2-12H3/b34-26+,44-28?,46-29?,47-30?,52-50?/t32-,33-,37+,41+/m1/s1. The van der Waals surface area contributed by atoms with Gasteiger partial charge in [-0.05, 0) is 118 Å². The van der Waals surface area contributed by atoms with Gasteiger partial charge in [-0.15, -0.1) is 0 Å². The van der Waals surface area contributed by atoms with Crippen molar-refractivity contribution in [3.63, 3.8) is 0 Å². The van der Waals surface area contributed by atoms with Crippen LogP contribution < -0.4 is 0 Å². The molecule has 0 fully saturated rings. The van der Waals surface area contributed by atoms with Crippen LogP contribution in [-0.2, 0) is 19.1 Å². The maximum absolute atomic E-state index is 13.6. The molecule has 2 aromatic heterocycles. The predicted octanol–water partition coefficient (Wildman–Crippen LogP) is 14.3. The number of carbonyl (C=O) groups is 2. The van der Waals surface area contributed by atoms with Crippen molar-refractivity contribution in [2.24, 2.45) is 17.8 Å². The van der Waals surface area contributed by atoms with Crippen molar-refractivity contribution >= 4 is 56.6 Å². The lowest BCUT2D eigenvalue weighted by atomic mass is 9.85. The summed E-state index contributed by atoms with van der Waals surface area (Å²) in [4.78, 5) is 44.5. The molecule has 8 bridgehead atoms. The van der Waals surface area contributed by atoms with Crippen molar-refractivity contribution in [2.75, 3.05) is 13.7 Å². The molecule has 6 rings (SSSR count). The number of ether oxygens (including phenoxy) is 2. The van der Waals surface area contributed by atoms with E-state index >= 15 is 0 Å². The van der Waals surface area contributed by atoms with Gasteiger partial charge in [-0.2, -0.15) is 0 Å². The third-order valence-corrected chi connectivity index (χ3v) is 14.2. The molecular formula is C55H74N4O5. The summed E-state index contributed by atoms with van der Waals surface area (Å²) < 4.78 is 11.1. The second-order valence-corrected chi connectivity index (χ2v) is 19.4. The highest BCUT2D eigenvalue weighted by Gasteiger charge is 2.39. The first-order chi connectivity index (χ1) is 30.6. The number of fused-ring (bicyclic) bond motifs is 8. The number of aliphatic hydroxyl groups is 1. The Morgan fingerprint density at radius 2 is 1.52 bits per heavy atom. The lowest BCUT2D eigenvalue weighted by Gasteiger charge is -2.18. The Hall–Kier alpha value is -5.18. The van der Waals surface area contributed by atoms with Crippen molar-refractivity contribution in [1.29, 1.82) is 0 Å². The van der Waals surface area contributed by atoms with Gasteiger partial charge < -0.3 is 24.5 Å². The van der Waals surface area contributed by atoms with Crippen LogP contribution in [0.5, 0.6) is 0 Å². The average Bonchev–Trinajstić information content (AvgIpc) is 3.99. The summed E-state index contributed by atoms with van der Waals surface area (Å²) in [7, 11) is 1.32. The Bertz CT molecular complexity index is 2450. The molecule has 1 aliphatic carbocycles. The number of aromatic amines is 2. The Kier molecular flexibility index (Phi) is 16.0. The number of carbonyl (C=O) groups excluding carboxylic acids is 2. The second-order valence-electron chi connectivity index (χ2n) is 19.4. The Morgan fingerprint density at radius 1 is 0.859 bits per heavy atom. The van der Waals surface area contributed by atoms with E-state index in [1.165, 1.54) is 57.6 Å². The van der Waals surface area contributed by atoms with E-state index in [0.717, 1.165) is 105 Å². The Balaban J connectivity index is 1.23. The molecule has 0 unspecified atom stereocenters. The Morgan fingerprint density at radius 3 is 2.17 bits per heavy atom. The molecule has 3 aliphatic heterocycles. The zero-order chi connectivity index (χ0) is 46.4. The number of rotatable bonds is 20. The number of aliphatic hydroxyl groups excluding tert-OH is 1. The summed E-state index contributed by atoms with van der Waals surface area (Å²) in [6.07, 6.45) is 16.6. The molecule has 0 aromatic carbocycles. The van der Waals surface area contributed by atoms with E-state index in [4.69, 9.17) is 19.4 Å². The lowest BCUT2D eigenvalue weighted by Crippen LogP contribution is -2.12. The molecule has 4 atom stereocenters. The molecule has 64 heavy (non-hydrogen) atoms. The maximum atomic E-state index is 13.6. The third kappa shape index (κ3) is 10.5. The lowest BCUT2D eigenvalue weighted by molar-refractivity contribution is -0.142. The van der Waals surface area contributed by atoms with Gasteiger partial charge in [-0.3, -0.25) is 4.79 Å². The van der Waals surface area contributed by atoms with Gasteiger partial charge in [0, 0.05) is 51.9 Å². The first-order valence-electron chi connectivity index (χ1n) is 24.0. The number of methoxy groups -OCH3 is 1. The van der Waals surface area contributed by atoms with Crippen molar-refractivity contribution in [3.8, 4) is 0 Å². The van der Waals surface area contributed by atoms with Crippen LogP contribution in [0.1, 0.15) is 202 Å². The van der Waals surface area contributed by atoms with Gasteiger partial charge in [0.15, 0.2) is 0 Å². The number of nitrogens with zero attached hydrogens (tertiary/aromatic N) is 2. The molecular weight excluding hydrogens is 797 g/mol. The summed E-state index contributed by atoms with van der Waals surface area (Å²) in [5.41, 5.74) is 13.7. The summed E-state index contributed by atoms with van der Waals surface area (Å²) >= 11 is 0. The summed E-state index contributed by atoms with van der Waals surface area (Å²) in [5, 5.41) is 11.9. The molecule has 0 spiro atoms. The van der Waals surface area contributed by atoms with Gasteiger partial charge >= 0.3 is 11.9 Å². The van der Waals surface area contributed by atoms with Crippen molar-refractivity contribution in [2.45, 2.75) is 158 Å². The van der Waals surface area contributed by atoms with Crippen molar-refractivity contribution in [3.05, 3.63) is 93.4 Å². The quantitative estimate of drug-likeness (QED) is 0.0892. The van der Waals surface area contributed by atoms with Crippen LogP contribution in [-0.4, -0.2) is 50.7 Å². The topological polar surface area (TPSA) is 130 Å². The minimum absolute atomic E-state index is 0.0902. The van der Waals surface area contributed by atoms with E-state index in [1.807, 2.05) is 38.1 Å². The summed E-state index contributed by atoms with van der Waals surface area (Å²) in [5.74, 6) is 0.946. The number of hydrogen-bond donors (Lipinski definition) is 3. The zero-order valence-electron chi connectivity index (χ0n) is 40.6. The first-order valence-corrected chi connectivity index (χ1v) is 24.0. The number of aryl methyl sites for hydroxylation is 1. The highest BCUT2D eigenvalue weighted by Crippen LogP contribution is 2.49. The molecule has 0 amide bonds. The molecule has 0 saturated heterocycles. The number of aromatic nitrogens is 4. The maximum Gasteiger partial charge on any atom is 0.342 e. The molecule has 0 radical (unpaired) electrons. The van der Waals surface area contributed by atoms with E-state index in [-0.39, 0.29) is 42.2 Å². The number of nitrogens with one attached hydrogen (secondary N) is 2. The minimum Gasteiger partial charge on any atom is -0.506 e. The molecule has 344 valence electrons. The van der Waals surface area contributed by atoms with Crippen LogP contribution in [0.4, 0.5) is 0 Å². The number of allylic oxidation sites excluding steroid dienone is 6. The van der Waals surface area contributed by atoms with Crippen molar-refractivity contribution in [1.82, 2.24) is 19.9 Å². The van der Waals surface area contributed by atoms with Gasteiger partial charge in [0.2, 0.25) is 0 Å². The molecule has 5 heterocycles. The molecule has 9 nitrogen and oxygen atoms in total. The van der Waals surface area contributed by atoms with Crippen LogP contribution >= 0.6 is 0 Å². The zero-order valence-corrected chi connectivity index (χ0v) is 40.6. The molecule has 9 heteroatoms. The van der Waals surface area contributed by atoms with E-state index in [1.54, 1.807) is 0 Å². The third-order valence-electron chi connectivity index (χ3n) is 14.2. The van der Waals surface area contributed by atoms with E-state index in [0.29, 0.717) is 23.1 Å². The number of hydrogen-bond acceptors (Lipinski definition) is 7. The van der Waals surface area contributed by atoms with E-state index in [2.05, 4.69) is 78.0 Å². The van der Waals surface area contributed by atoms with Crippen LogP contribution in [0.15, 0.2) is 42.5 Å². The summed E-state index contributed by atoms with van der Waals surface area (Å²) in [6, 6.07) is 6.13. The van der Waals surface area contributed by atoms with Crippen LogP contribution in [0, 0.1) is 24.7 Å². The van der Waals surface area contributed by atoms with Gasteiger partial charge in [0.1, 0.15) is 17.9 Å². The average molecular weight is 871 g/mol. The van der Waals surface area contributed by atoms with Crippen LogP contribution in [0.25, 0.3) is 44.7 Å². The summed E-state index contributed by atoms with van der Waals surface area (Å²) in [6.45, 7) is 26.3. The normalized spacial score (nSPS) is 17.7. The van der Waals surface area contributed by atoms with Crippen LogP contribution in [0.3, 0.4) is 0 Å². The Labute approximate surface area is 382 Å². The van der Waals surface area contributed by atoms with Gasteiger partial charge in [0.25, 0.3) is 0 Å². The fourth-order valence-corrected chi connectivity index (χ4v) is 10.1. The second kappa shape index (κ2) is 21.2. The molecule has 3 N–H and O–H groups in total.